The average molecular weight is 387 g/mol. The molecule has 3 aromatic rings. The summed E-state index contributed by atoms with van der Waals surface area (Å²) in [4.78, 5) is 36.5. The Hall–Kier alpha value is -3.73. The highest BCUT2D eigenvalue weighted by atomic mass is 16.5. The zero-order valence-corrected chi connectivity index (χ0v) is 16.1. The Kier molecular flexibility index (Phi) is 6.53. The van der Waals surface area contributed by atoms with Gasteiger partial charge in [-0.1, -0.05) is 61.5 Å². The summed E-state index contributed by atoms with van der Waals surface area (Å²) in [5, 5.41) is 2.68. The second kappa shape index (κ2) is 9.46. The number of hydrogen-bond acceptors (Lipinski definition) is 4. The summed E-state index contributed by atoms with van der Waals surface area (Å²) in [7, 11) is 0. The van der Waals surface area contributed by atoms with Crippen LogP contribution in [-0.4, -0.2) is 24.3 Å². The fourth-order valence-corrected chi connectivity index (χ4v) is 2.75. The van der Waals surface area contributed by atoms with Crippen LogP contribution in [0.1, 0.15) is 38.8 Å². The molecule has 1 amide bonds. The topological polar surface area (TPSA) is 72.5 Å². The predicted molar refractivity (Wildman–Crippen MR) is 111 cm³/mol. The number of amides is 1. The number of hydrogen-bond donors (Lipinski definition) is 1. The maximum atomic E-state index is 12.4. The fourth-order valence-electron chi connectivity index (χ4n) is 2.75. The largest absolute Gasteiger partial charge is 0.452 e. The molecule has 0 radical (unpaired) electrons. The van der Waals surface area contributed by atoms with Crippen LogP contribution in [0.2, 0.25) is 0 Å². The lowest BCUT2D eigenvalue weighted by Gasteiger charge is -2.08. The summed E-state index contributed by atoms with van der Waals surface area (Å²) in [6.07, 6.45) is 0.918. The first-order chi connectivity index (χ1) is 14.1. The average Bonchev–Trinajstić information content (AvgIpc) is 2.78. The molecule has 0 saturated heterocycles. The minimum absolute atomic E-state index is 0.126. The number of esters is 1. The van der Waals surface area contributed by atoms with E-state index in [0.717, 1.165) is 6.42 Å². The third-order valence-corrected chi connectivity index (χ3v) is 4.40. The first-order valence-electron chi connectivity index (χ1n) is 9.32. The number of rotatable bonds is 7. The Bertz CT molecular complexity index is 993. The van der Waals surface area contributed by atoms with Crippen LogP contribution in [0.15, 0.2) is 78.9 Å². The summed E-state index contributed by atoms with van der Waals surface area (Å²) in [5.74, 6) is -1.17. The summed E-state index contributed by atoms with van der Waals surface area (Å²) in [5.41, 5.74) is 3.14. The van der Waals surface area contributed by atoms with Gasteiger partial charge >= 0.3 is 5.97 Å². The summed E-state index contributed by atoms with van der Waals surface area (Å²) < 4.78 is 5.06. The van der Waals surface area contributed by atoms with Crippen LogP contribution in [-0.2, 0) is 16.0 Å². The van der Waals surface area contributed by atoms with Crippen LogP contribution >= 0.6 is 0 Å². The molecule has 0 fully saturated rings. The van der Waals surface area contributed by atoms with Gasteiger partial charge in [-0.2, -0.15) is 0 Å². The van der Waals surface area contributed by atoms with Gasteiger partial charge in [-0.25, -0.2) is 4.79 Å². The number of ketones is 1. The molecule has 0 atom stereocenters. The highest BCUT2D eigenvalue weighted by Gasteiger charge is 2.13. The highest BCUT2D eigenvalue weighted by molar-refractivity contribution is 6.09. The quantitative estimate of drug-likeness (QED) is 0.485. The number of nitrogens with one attached hydrogen (secondary N) is 1. The van der Waals surface area contributed by atoms with E-state index in [0.29, 0.717) is 16.8 Å². The Morgan fingerprint density at radius 2 is 1.34 bits per heavy atom. The normalized spacial score (nSPS) is 10.2. The molecule has 0 aromatic heterocycles. The molecule has 29 heavy (non-hydrogen) atoms. The van der Waals surface area contributed by atoms with Crippen LogP contribution in [0.3, 0.4) is 0 Å². The lowest BCUT2D eigenvalue weighted by Crippen LogP contribution is -2.21. The maximum Gasteiger partial charge on any atom is 0.338 e. The smallest absolute Gasteiger partial charge is 0.338 e. The molecule has 0 aliphatic carbocycles. The van der Waals surface area contributed by atoms with Gasteiger partial charge in [-0.15, -0.1) is 0 Å². The van der Waals surface area contributed by atoms with Gasteiger partial charge < -0.3 is 10.1 Å². The number of anilines is 1. The lowest BCUT2D eigenvalue weighted by molar-refractivity contribution is -0.119. The Morgan fingerprint density at radius 3 is 1.97 bits per heavy atom. The van der Waals surface area contributed by atoms with Crippen LogP contribution in [0.5, 0.6) is 0 Å². The third-order valence-electron chi connectivity index (χ3n) is 4.40. The van der Waals surface area contributed by atoms with Crippen molar-refractivity contribution in [2.75, 3.05) is 11.9 Å². The molecule has 0 aliphatic heterocycles. The Morgan fingerprint density at radius 1 is 0.759 bits per heavy atom. The molecule has 3 aromatic carbocycles. The number of benzene rings is 3. The molecule has 0 spiro atoms. The molecule has 1 N–H and O–H groups in total. The van der Waals surface area contributed by atoms with Crippen molar-refractivity contribution in [1.82, 2.24) is 0 Å². The van der Waals surface area contributed by atoms with E-state index in [4.69, 9.17) is 4.74 Å². The maximum absolute atomic E-state index is 12.4. The van der Waals surface area contributed by atoms with E-state index in [1.54, 1.807) is 48.5 Å². The first-order valence-corrected chi connectivity index (χ1v) is 9.32. The minimum Gasteiger partial charge on any atom is -0.452 e. The van der Waals surface area contributed by atoms with Gasteiger partial charge in [0.1, 0.15) is 0 Å². The van der Waals surface area contributed by atoms with Crippen LogP contribution in [0, 0.1) is 0 Å². The zero-order chi connectivity index (χ0) is 20.6. The minimum atomic E-state index is -0.625. The fraction of sp³-hybridized carbons (Fsp3) is 0.125. The van der Waals surface area contributed by atoms with Crippen molar-refractivity contribution in [3.63, 3.8) is 0 Å². The summed E-state index contributed by atoms with van der Waals surface area (Å²) in [6, 6.07) is 22.5. The van der Waals surface area contributed by atoms with Crippen molar-refractivity contribution < 1.29 is 19.1 Å². The predicted octanol–water partition coefficient (Wildman–Crippen LogP) is 4.28. The molecular formula is C24H21NO4. The standard InChI is InChI=1S/C24H21NO4/c1-2-17-8-14-21(15-9-17)25-22(26)16-29-24(28)20-12-10-19(11-13-20)23(27)18-6-4-3-5-7-18/h3-15H,2,16H2,1H3,(H,25,26). The van der Waals surface area contributed by atoms with Crippen molar-refractivity contribution in [3.8, 4) is 0 Å². The van der Waals surface area contributed by atoms with Crippen LogP contribution in [0.25, 0.3) is 0 Å². The van der Waals surface area contributed by atoms with E-state index in [1.165, 1.54) is 17.7 Å². The van der Waals surface area contributed by atoms with Gasteiger partial charge in [0.2, 0.25) is 0 Å². The molecule has 0 unspecified atom stereocenters. The number of ether oxygens (including phenoxy) is 1. The van der Waals surface area contributed by atoms with E-state index >= 15 is 0 Å². The van der Waals surface area contributed by atoms with Gasteiger partial charge in [0.05, 0.1) is 5.56 Å². The molecule has 0 bridgehead atoms. The second-order valence-electron chi connectivity index (χ2n) is 6.45. The molecule has 3 rings (SSSR count). The molecule has 5 nitrogen and oxygen atoms in total. The number of aryl methyl sites for hydroxylation is 1. The highest BCUT2D eigenvalue weighted by Crippen LogP contribution is 2.13. The second-order valence-corrected chi connectivity index (χ2v) is 6.45. The monoisotopic (exact) mass is 387 g/mol. The molecule has 0 saturated carbocycles. The van der Waals surface area contributed by atoms with E-state index in [2.05, 4.69) is 12.2 Å². The molecular weight excluding hydrogens is 366 g/mol. The zero-order valence-electron chi connectivity index (χ0n) is 16.1. The van der Waals surface area contributed by atoms with Gasteiger partial charge in [0.25, 0.3) is 5.91 Å². The molecule has 0 heterocycles. The van der Waals surface area contributed by atoms with Gasteiger partial charge in [-0.05, 0) is 36.2 Å². The first kappa shape index (κ1) is 20.0. The third kappa shape index (κ3) is 5.39. The van der Waals surface area contributed by atoms with Gasteiger partial charge in [0, 0.05) is 16.8 Å². The van der Waals surface area contributed by atoms with Crippen molar-refractivity contribution in [2.45, 2.75) is 13.3 Å². The number of carbonyl (C=O) groups excluding carboxylic acids is 3. The SMILES string of the molecule is CCc1ccc(NC(=O)COC(=O)c2ccc(C(=O)c3ccccc3)cc2)cc1. The summed E-state index contributed by atoms with van der Waals surface area (Å²) >= 11 is 0. The van der Waals surface area contributed by atoms with E-state index in [-0.39, 0.29) is 18.0 Å². The van der Waals surface area contributed by atoms with Crippen molar-refractivity contribution in [2.24, 2.45) is 0 Å². The van der Waals surface area contributed by atoms with Crippen LogP contribution < -0.4 is 5.32 Å². The summed E-state index contributed by atoms with van der Waals surface area (Å²) in [6.45, 7) is 1.66. The van der Waals surface area contributed by atoms with Crippen molar-refractivity contribution in [1.29, 1.82) is 0 Å². The number of carbonyl (C=O) groups is 3. The van der Waals surface area contributed by atoms with Crippen molar-refractivity contribution in [3.05, 3.63) is 101 Å². The Balaban J connectivity index is 1.53. The van der Waals surface area contributed by atoms with E-state index in [9.17, 15) is 14.4 Å². The Labute approximate surface area is 169 Å². The van der Waals surface area contributed by atoms with E-state index in [1.807, 2.05) is 18.2 Å². The van der Waals surface area contributed by atoms with Gasteiger partial charge in [0.15, 0.2) is 12.4 Å². The lowest BCUT2D eigenvalue weighted by atomic mass is 10.0. The van der Waals surface area contributed by atoms with Gasteiger partial charge in [-0.3, -0.25) is 9.59 Å². The van der Waals surface area contributed by atoms with Crippen molar-refractivity contribution >= 4 is 23.3 Å². The van der Waals surface area contributed by atoms with E-state index < -0.39 is 11.9 Å². The van der Waals surface area contributed by atoms with Crippen LogP contribution in [0.4, 0.5) is 5.69 Å². The molecule has 146 valence electrons. The molecule has 0 aliphatic rings. The molecule has 5 heteroatoms.